The maximum Gasteiger partial charge on any atom is 0.164 e. The fourth-order valence-corrected chi connectivity index (χ4v) is 1.92. The molecule has 14 heavy (non-hydrogen) atoms. The SMILES string of the molecule is N#C[C@@H]1C=C2C(=O)CCCC2=NC1=S. The van der Waals surface area contributed by atoms with Gasteiger partial charge in [0.25, 0.3) is 0 Å². The summed E-state index contributed by atoms with van der Waals surface area (Å²) in [6.07, 6.45) is 3.87. The van der Waals surface area contributed by atoms with Crippen molar-refractivity contribution in [2.45, 2.75) is 19.3 Å². The Hall–Kier alpha value is -1.34. The molecule has 1 saturated carbocycles. The number of ketones is 1. The van der Waals surface area contributed by atoms with Gasteiger partial charge in [0, 0.05) is 12.0 Å². The molecule has 3 nitrogen and oxygen atoms in total. The van der Waals surface area contributed by atoms with Crippen LogP contribution in [-0.2, 0) is 4.79 Å². The first kappa shape index (κ1) is 9.22. The van der Waals surface area contributed by atoms with Crippen molar-refractivity contribution >= 4 is 28.7 Å². The quantitative estimate of drug-likeness (QED) is 0.563. The predicted molar refractivity (Wildman–Crippen MR) is 56.1 cm³/mol. The second-order valence-electron chi connectivity index (χ2n) is 3.36. The molecule has 0 amide bonds. The molecule has 0 unspecified atom stereocenters. The number of dihydropyridines is 1. The molecule has 0 bridgehead atoms. The Morgan fingerprint density at radius 3 is 3.07 bits per heavy atom. The molecule has 0 spiro atoms. The summed E-state index contributed by atoms with van der Waals surface area (Å²) in [6, 6.07) is 2.03. The Labute approximate surface area is 87.1 Å². The van der Waals surface area contributed by atoms with E-state index in [9.17, 15) is 4.79 Å². The molecule has 0 N–H and O–H groups in total. The van der Waals surface area contributed by atoms with Crippen molar-refractivity contribution in [1.29, 1.82) is 5.26 Å². The molecule has 1 aliphatic carbocycles. The minimum atomic E-state index is -0.495. The Morgan fingerprint density at radius 2 is 2.36 bits per heavy atom. The number of hydrogen-bond donors (Lipinski definition) is 0. The van der Waals surface area contributed by atoms with Crippen LogP contribution in [0.15, 0.2) is 16.6 Å². The molecule has 2 aliphatic rings. The Morgan fingerprint density at radius 1 is 1.57 bits per heavy atom. The van der Waals surface area contributed by atoms with Gasteiger partial charge in [0.05, 0.1) is 11.8 Å². The lowest BCUT2D eigenvalue weighted by Crippen LogP contribution is -2.26. The number of nitrogens with zero attached hydrogens (tertiary/aromatic N) is 2. The van der Waals surface area contributed by atoms with Crippen LogP contribution in [0.2, 0.25) is 0 Å². The first-order chi connectivity index (χ1) is 6.72. The average molecular weight is 204 g/mol. The van der Waals surface area contributed by atoms with E-state index >= 15 is 0 Å². The molecule has 1 fully saturated rings. The fraction of sp³-hybridized carbons (Fsp3) is 0.400. The number of carbonyl (C=O) groups is 1. The van der Waals surface area contributed by atoms with Crippen LogP contribution in [0.25, 0.3) is 0 Å². The van der Waals surface area contributed by atoms with Gasteiger partial charge < -0.3 is 0 Å². The number of Topliss-reactive ketones (excluding diaryl/α,β-unsaturated/α-hetero) is 1. The van der Waals surface area contributed by atoms with E-state index in [1.54, 1.807) is 6.08 Å². The van der Waals surface area contributed by atoms with Gasteiger partial charge in [-0.2, -0.15) is 5.26 Å². The van der Waals surface area contributed by atoms with Crippen molar-refractivity contribution in [3.05, 3.63) is 11.6 Å². The van der Waals surface area contributed by atoms with Crippen LogP contribution >= 0.6 is 12.2 Å². The van der Waals surface area contributed by atoms with Crippen molar-refractivity contribution in [3.8, 4) is 6.07 Å². The monoisotopic (exact) mass is 204 g/mol. The molecule has 1 aliphatic heterocycles. The maximum atomic E-state index is 11.5. The van der Waals surface area contributed by atoms with E-state index in [0.29, 0.717) is 17.0 Å². The summed E-state index contributed by atoms with van der Waals surface area (Å²) in [5.41, 5.74) is 1.40. The van der Waals surface area contributed by atoms with Crippen LogP contribution in [0.1, 0.15) is 19.3 Å². The first-order valence-electron chi connectivity index (χ1n) is 4.49. The third kappa shape index (κ3) is 1.40. The van der Waals surface area contributed by atoms with Crippen LogP contribution < -0.4 is 0 Å². The molecule has 2 rings (SSSR count). The molecule has 1 heterocycles. The lowest BCUT2D eigenvalue weighted by molar-refractivity contribution is -0.115. The summed E-state index contributed by atoms with van der Waals surface area (Å²) >= 11 is 4.97. The van der Waals surface area contributed by atoms with Gasteiger partial charge in [-0.3, -0.25) is 4.79 Å². The molecular weight excluding hydrogens is 196 g/mol. The summed E-state index contributed by atoms with van der Waals surface area (Å²) in [4.78, 5) is 16.0. The third-order valence-electron chi connectivity index (χ3n) is 2.41. The summed E-state index contributed by atoms with van der Waals surface area (Å²) in [5.74, 6) is -0.399. The number of allylic oxidation sites excluding steroid dienone is 1. The summed E-state index contributed by atoms with van der Waals surface area (Å²) in [5, 5.41) is 8.78. The number of carbonyl (C=O) groups excluding carboxylic acids is 1. The number of thiocarbonyl (C=S) groups is 1. The van der Waals surface area contributed by atoms with E-state index < -0.39 is 5.92 Å². The average Bonchev–Trinajstić information content (AvgIpc) is 2.17. The third-order valence-corrected chi connectivity index (χ3v) is 2.76. The number of fused-ring (bicyclic) bond motifs is 1. The first-order valence-corrected chi connectivity index (χ1v) is 4.89. The highest BCUT2D eigenvalue weighted by Crippen LogP contribution is 2.24. The van der Waals surface area contributed by atoms with Crippen molar-refractivity contribution in [1.82, 2.24) is 0 Å². The van der Waals surface area contributed by atoms with Crippen LogP contribution in [-0.4, -0.2) is 16.5 Å². The zero-order valence-electron chi connectivity index (χ0n) is 7.49. The lowest BCUT2D eigenvalue weighted by atomic mass is 9.87. The minimum absolute atomic E-state index is 0.0951. The van der Waals surface area contributed by atoms with Gasteiger partial charge in [0.15, 0.2) is 5.78 Å². The van der Waals surface area contributed by atoms with Crippen molar-refractivity contribution < 1.29 is 4.79 Å². The standard InChI is InChI=1S/C10H8N2OS/c11-5-6-4-7-8(12-10(6)14)2-1-3-9(7)13/h4,6H,1-3H2/t6-/m0/s1. The van der Waals surface area contributed by atoms with Crippen LogP contribution in [0, 0.1) is 17.2 Å². The Kier molecular flexibility index (Phi) is 2.26. The van der Waals surface area contributed by atoms with E-state index in [-0.39, 0.29) is 5.78 Å². The number of aliphatic imine (C=N–C) groups is 1. The highest BCUT2D eigenvalue weighted by Gasteiger charge is 2.27. The molecule has 4 heteroatoms. The largest absolute Gasteiger partial charge is 0.294 e. The zero-order chi connectivity index (χ0) is 10.1. The van der Waals surface area contributed by atoms with E-state index in [1.165, 1.54) is 0 Å². The Balaban J connectivity index is 2.41. The van der Waals surface area contributed by atoms with Gasteiger partial charge >= 0.3 is 0 Å². The van der Waals surface area contributed by atoms with E-state index in [1.807, 2.05) is 6.07 Å². The van der Waals surface area contributed by atoms with Crippen molar-refractivity contribution in [2.75, 3.05) is 0 Å². The van der Waals surface area contributed by atoms with E-state index in [4.69, 9.17) is 17.5 Å². The molecule has 0 aromatic heterocycles. The van der Waals surface area contributed by atoms with Crippen molar-refractivity contribution in [2.24, 2.45) is 10.9 Å². The highest BCUT2D eigenvalue weighted by atomic mass is 32.1. The number of rotatable bonds is 0. The van der Waals surface area contributed by atoms with Gasteiger partial charge in [0.2, 0.25) is 0 Å². The molecule has 0 aromatic rings. The maximum absolute atomic E-state index is 11.5. The Bertz CT molecular complexity index is 414. The normalized spacial score (nSPS) is 26.1. The van der Waals surface area contributed by atoms with Gasteiger partial charge in [-0.25, -0.2) is 4.99 Å². The molecule has 70 valence electrons. The van der Waals surface area contributed by atoms with Gasteiger partial charge in [0.1, 0.15) is 10.9 Å². The van der Waals surface area contributed by atoms with Crippen LogP contribution in [0.3, 0.4) is 0 Å². The van der Waals surface area contributed by atoms with Crippen LogP contribution in [0.4, 0.5) is 0 Å². The van der Waals surface area contributed by atoms with Crippen molar-refractivity contribution in [3.63, 3.8) is 0 Å². The van der Waals surface area contributed by atoms with Gasteiger partial charge in [-0.15, -0.1) is 0 Å². The predicted octanol–water partition coefficient (Wildman–Crippen LogP) is 1.59. The lowest BCUT2D eigenvalue weighted by Gasteiger charge is -2.20. The second kappa shape index (κ2) is 3.43. The molecule has 0 aromatic carbocycles. The molecule has 0 radical (unpaired) electrons. The number of hydrogen-bond acceptors (Lipinski definition) is 3. The van der Waals surface area contributed by atoms with E-state index in [2.05, 4.69) is 4.99 Å². The minimum Gasteiger partial charge on any atom is -0.294 e. The topological polar surface area (TPSA) is 53.2 Å². The molecule has 1 atom stereocenters. The van der Waals surface area contributed by atoms with Gasteiger partial charge in [-0.1, -0.05) is 12.2 Å². The highest BCUT2D eigenvalue weighted by molar-refractivity contribution is 7.80. The zero-order valence-corrected chi connectivity index (χ0v) is 8.30. The fourth-order valence-electron chi connectivity index (χ4n) is 1.68. The second-order valence-corrected chi connectivity index (χ2v) is 3.78. The van der Waals surface area contributed by atoms with Gasteiger partial charge in [-0.05, 0) is 18.9 Å². The molecule has 0 saturated heterocycles. The summed E-state index contributed by atoms with van der Waals surface area (Å²) in [7, 11) is 0. The summed E-state index contributed by atoms with van der Waals surface area (Å²) in [6.45, 7) is 0. The number of nitriles is 1. The molecular formula is C10H8N2OS. The van der Waals surface area contributed by atoms with E-state index in [0.717, 1.165) is 18.6 Å². The smallest absolute Gasteiger partial charge is 0.164 e. The summed E-state index contributed by atoms with van der Waals surface area (Å²) < 4.78 is 0. The van der Waals surface area contributed by atoms with Crippen LogP contribution in [0.5, 0.6) is 0 Å².